The van der Waals surface area contributed by atoms with Crippen LogP contribution in [0.3, 0.4) is 0 Å². The van der Waals surface area contributed by atoms with E-state index in [2.05, 4.69) is 45.6 Å². The summed E-state index contributed by atoms with van der Waals surface area (Å²) in [4.78, 5) is 30.9. The Labute approximate surface area is 256 Å². The van der Waals surface area contributed by atoms with Crippen molar-refractivity contribution in [2.45, 2.75) is 32.2 Å². The van der Waals surface area contributed by atoms with E-state index in [1.807, 2.05) is 78.2 Å². The maximum atomic E-state index is 13.1. The Kier molecular flexibility index (Phi) is 8.58. The molecule has 0 aliphatic carbocycles. The number of nitrogens with zero attached hydrogens (tertiary/aromatic N) is 2. The third kappa shape index (κ3) is 6.50. The van der Waals surface area contributed by atoms with Crippen LogP contribution < -0.4 is 20.4 Å². The zero-order valence-electron chi connectivity index (χ0n) is 24.2. The number of hydrogen-bond acceptors (Lipinski definition) is 6. The number of aliphatic hydroxyl groups is 1. The summed E-state index contributed by atoms with van der Waals surface area (Å²) >= 11 is 1.42. The molecule has 220 valence electrons. The third-order valence-electron chi connectivity index (χ3n) is 8.18. The number of carbonyl (C=O) groups is 2. The molecule has 0 bridgehead atoms. The molecular formula is C35H36N4O3S. The molecule has 3 N–H and O–H groups in total. The van der Waals surface area contributed by atoms with Gasteiger partial charge >= 0.3 is 0 Å². The van der Waals surface area contributed by atoms with Gasteiger partial charge in [0.15, 0.2) is 0 Å². The van der Waals surface area contributed by atoms with Crippen molar-refractivity contribution in [3.05, 3.63) is 106 Å². The van der Waals surface area contributed by atoms with Crippen molar-refractivity contribution in [3.8, 4) is 0 Å². The first-order valence-corrected chi connectivity index (χ1v) is 15.7. The number of amides is 2. The van der Waals surface area contributed by atoms with Crippen LogP contribution in [0.1, 0.15) is 51.8 Å². The molecule has 1 fully saturated rings. The van der Waals surface area contributed by atoms with Crippen molar-refractivity contribution in [1.29, 1.82) is 0 Å². The number of benzene rings is 3. The van der Waals surface area contributed by atoms with Crippen LogP contribution in [0.2, 0.25) is 0 Å². The maximum absolute atomic E-state index is 13.1. The quantitative estimate of drug-likeness (QED) is 0.208. The Balaban J connectivity index is 1.15. The van der Waals surface area contributed by atoms with Crippen LogP contribution in [0, 0.1) is 5.92 Å². The van der Waals surface area contributed by atoms with Gasteiger partial charge in [-0.15, -0.1) is 11.3 Å². The van der Waals surface area contributed by atoms with E-state index >= 15 is 0 Å². The summed E-state index contributed by atoms with van der Waals surface area (Å²) in [5.74, 6) is 0.0482. The first kappa shape index (κ1) is 28.7. The van der Waals surface area contributed by atoms with E-state index in [1.165, 1.54) is 11.3 Å². The molecule has 2 unspecified atom stereocenters. The molecule has 3 heterocycles. The lowest BCUT2D eigenvalue weighted by molar-refractivity contribution is 0.102. The molecule has 2 atom stereocenters. The number of rotatable bonds is 7. The minimum atomic E-state index is -0.151. The zero-order chi connectivity index (χ0) is 29.8. The number of fused-ring (bicyclic) bond motifs is 1. The Bertz CT molecular complexity index is 1600. The molecule has 4 aromatic rings. The van der Waals surface area contributed by atoms with Gasteiger partial charge in [-0.25, -0.2) is 0 Å². The van der Waals surface area contributed by atoms with Crippen molar-refractivity contribution in [2.75, 3.05) is 40.1 Å². The average Bonchev–Trinajstić information content (AvgIpc) is 3.53. The van der Waals surface area contributed by atoms with Gasteiger partial charge in [0, 0.05) is 59.7 Å². The Morgan fingerprint density at radius 3 is 2.42 bits per heavy atom. The van der Waals surface area contributed by atoms with Gasteiger partial charge in [0.25, 0.3) is 11.8 Å². The van der Waals surface area contributed by atoms with Gasteiger partial charge in [-0.3, -0.25) is 9.59 Å². The molecule has 2 aliphatic rings. The number of carbonyl (C=O) groups excluding carboxylic acids is 2. The molecule has 8 heteroatoms. The summed E-state index contributed by atoms with van der Waals surface area (Å²) in [6.07, 6.45) is 7.28. The third-order valence-corrected chi connectivity index (χ3v) is 9.05. The molecule has 0 saturated carbocycles. The molecule has 2 amide bonds. The van der Waals surface area contributed by atoms with E-state index in [1.54, 1.807) is 0 Å². The second-order valence-electron chi connectivity index (χ2n) is 11.2. The highest BCUT2D eigenvalue weighted by Gasteiger charge is 2.22. The van der Waals surface area contributed by atoms with E-state index in [9.17, 15) is 14.7 Å². The molecule has 7 nitrogen and oxygen atoms in total. The molecule has 43 heavy (non-hydrogen) atoms. The second-order valence-corrected chi connectivity index (χ2v) is 12.2. The lowest BCUT2D eigenvalue weighted by Gasteiger charge is -2.33. The van der Waals surface area contributed by atoms with Crippen molar-refractivity contribution in [3.63, 3.8) is 0 Å². The minimum Gasteiger partial charge on any atom is -0.396 e. The fourth-order valence-electron chi connectivity index (χ4n) is 5.89. The van der Waals surface area contributed by atoms with E-state index in [0.717, 1.165) is 66.4 Å². The summed E-state index contributed by atoms with van der Waals surface area (Å²) in [6.45, 7) is 4.22. The molecule has 1 aromatic heterocycles. The molecular weight excluding hydrogens is 556 g/mol. The van der Waals surface area contributed by atoms with Crippen molar-refractivity contribution >= 4 is 57.7 Å². The number of piperidine rings is 1. The highest BCUT2D eigenvalue weighted by atomic mass is 32.1. The van der Waals surface area contributed by atoms with Gasteiger partial charge in [-0.1, -0.05) is 18.2 Å². The lowest BCUT2D eigenvalue weighted by atomic mass is 9.98. The topological polar surface area (TPSA) is 84.9 Å². The van der Waals surface area contributed by atoms with Crippen LogP contribution in [0.25, 0.3) is 6.08 Å². The fourth-order valence-corrected chi connectivity index (χ4v) is 6.51. The van der Waals surface area contributed by atoms with Gasteiger partial charge in [0.2, 0.25) is 0 Å². The van der Waals surface area contributed by atoms with E-state index in [4.69, 9.17) is 0 Å². The highest BCUT2D eigenvalue weighted by Crippen LogP contribution is 2.37. The van der Waals surface area contributed by atoms with Gasteiger partial charge < -0.3 is 25.5 Å². The molecule has 2 aliphatic heterocycles. The Morgan fingerprint density at radius 1 is 0.930 bits per heavy atom. The monoisotopic (exact) mass is 592 g/mol. The maximum Gasteiger partial charge on any atom is 0.265 e. The van der Waals surface area contributed by atoms with Crippen molar-refractivity contribution in [2.24, 2.45) is 5.92 Å². The predicted octanol–water partition coefficient (Wildman–Crippen LogP) is 7.40. The van der Waals surface area contributed by atoms with Crippen LogP contribution in [-0.2, 0) is 0 Å². The number of aliphatic hydroxyl groups excluding tert-OH is 1. The summed E-state index contributed by atoms with van der Waals surface area (Å²) in [6, 6.07) is 25.6. The average molecular weight is 593 g/mol. The number of anilines is 5. The zero-order valence-corrected chi connectivity index (χ0v) is 25.0. The predicted molar refractivity (Wildman–Crippen MR) is 177 cm³/mol. The van der Waals surface area contributed by atoms with Gasteiger partial charge in [-0.2, -0.15) is 0 Å². The molecule has 3 aromatic carbocycles. The van der Waals surface area contributed by atoms with Crippen LogP contribution >= 0.6 is 11.3 Å². The normalized spacial score (nSPS) is 18.1. The van der Waals surface area contributed by atoms with Crippen molar-refractivity contribution < 1.29 is 14.7 Å². The minimum absolute atomic E-state index is 0.107. The fraction of sp³-hybridized carbons (Fsp3) is 0.257. The smallest absolute Gasteiger partial charge is 0.265 e. The first-order valence-electron chi connectivity index (χ1n) is 14.8. The number of hydrogen-bond donors (Lipinski definition) is 3. The van der Waals surface area contributed by atoms with Gasteiger partial charge in [-0.05, 0) is 116 Å². The van der Waals surface area contributed by atoms with Gasteiger partial charge in [0.1, 0.15) is 0 Å². The Hall–Kier alpha value is -4.40. The van der Waals surface area contributed by atoms with Crippen LogP contribution in [0.4, 0.5) is 28.4 Å². The molecule has 0 radical (unpaired) electrons. The summed E-state index contributed by atoms with van der Waals surface area (Å²) in [7, 11) is 0. The Morgan fingerprint density at radius 2 is 1.67 bits per heavy atom. The van der Waals surface area contributed by atoms with Crippen LogP contribution in [0.15, 0.2) is 90.3 Å². The summed E-state index contributed by atoms with van der Waals surface area (Å²) in [5.41, 5.74) is 6.28. The largest absolute Gasteiger partial charge is 0.396 e. The number of nitrogens with one attached hydrogen (secondary N) is 2. The molecule has 6 rings (SSSR count). The number of thiophene rings is 1. The van der Waals surface area contributed by atoms with E-state index in [0.29, 0.717) is 16.4 Å². The molecule has 1 saturated heterocycles. The summed E-state index contributed by atoms with van der Waals surface area (Å²) in [5, 5.41) is 17.5. The SMILES string of the molecule is CC1CC=Cc2cc(NC(=O)c3ccc(N4CCCC(CO)C4)cc3)ccc2N1c1ccc(NC(=O)c2cccs2)cc1. The van der Waals surface area contributed by atoms with Gasteiger partial charge in [0.05, 0.1) is 4.88 Å². The van der Waals surface area contributed by atoms with E-state index in [-0.39, 0.29) is 24.5 Å². The van der Waals surface area contributed by atoms with Crippen molar-refractivity contribution in [1.82, 2.24) is 0 Å². The standard InChI is InChI=1S/C35H36N4O3S/c1-24-5-2-7-27-21-29(37-34(41)26-9-14-30(15-10-26)38-19-3-6-25(22-38)23-40)13-18-32(27)39(24)31-16-11-28(12-17-31)36-35(42)33-8-4-20-43-33/h2,4,7-18,20-21,24-25,40H,3,5-6,19,22-23H2,1H3,(H,36,42)(H,37,41). The highest BCUT2D eigenvalue weighted by molar-refractivity contribution is 7.12. The van der Waals surface area contributed by atoms with E-state index < -0.39 is 0 Å². The summed E-state index contributed by atoms with van der Waals surface area (Å²) < 4.78 is 0. The van der Waals surface area contributed by atoms with Crippen LogP contribution in [0.5, 0.6) is 0 Å². The first-order chi connectivity index (χ1) is 21.0. The lowest BCUT2D eigenvalue weighted by Crippen LogP contribution is -2.36. The second kappa shape index (κ2) is 12.9. The molecule has 0 spiro atoms. The van der Waals surface area contributed by atoms with Crippen LogP contribution in [-0.4, -0.2) is 42.7 Å².